The van der Waals surface area contributed by atoms with E-state index in [2.05, 4.69) is 0 Å². The number of nitrogens with zero attached hydrogens (tertiary/aromatic N) is 1. The molecular weight excluding hydrogens is 144 g/mol. The molecule has 0 saturated carbocycles. The molecule has 0 rings (SSSR count). The lowest BCUT2D eigenvalue weighted by Crippen LogP contribution is -2.35. The second-order valence-corrected chi connectivity index (χ2v) is 2.38. The van der Waals surface area contributed by atoms with Crippen molar-refractivity contribution in [3.63, 3.8) is 0 Å². The topological polar surface area (TPSA) is 47.7 Å². The van der Waals surface area contributed by atoms with Crippen LogP contribution in [-0.4, -0.2) is 45.5 Å². The molecule has 0 saturated heterocycles. The third-order valence-electron chi connectivity index (χ3n) is 1.38. The minimum atomic E-state index is 0.684. The monoisotopic (exact) mass is 162 g/mol. The summed E-state index contributed by atoms with van der Waals surface area (Å²) in [6.07, 6.45) is 0.969. The average molecular weight is 162 g/mol. The van der Waals surface area contributed by atoms with Gasteiger partial charge in [0, 0.05) is 33.9 Å². The number of rotatable bonds is 7. The quantitative estimate of drug-likeness (QED) is 0.321. The first-order valence-electron chi connectivity index (χ1n) is 3.78. The summed E-state index contributed by atoms with van der Waals surface area (Å²) in [6, 6.07) is 0. The smallest absolute Gasteiger partial charge is 0.0603 e. The van der Waals surface area contributed by atoms with Gasteiger partial charge in [-0.15, -0.1) is 0 Å². The Morgan fingerprint density at radius 2 is 1.73 bits per heavy atom. The van der Waals surface area contributed by atoms with Crippen molar-refractivity contribution in [2.75, 3.05) is 40.5 Å². The second-order valence-electron chi connectivity index (χ2n) is 2.38. The number of hydrogen-bond acceptors (Lipinski definition) is 4. The summed E-state index contributed by atoms with van der Waals surface area (Å²) < 4.78 is 9.75. The molecule has 0 bridgehead atoms. The highest BCUT2D eigenvalue weighted by molar-refractivity contribution is 4.47. The molecule has 0 aromatic heterocycles. The molecular formula is C7H18N2O2. The molecule has 11 heavy (non-hydrogen) atoms. The van der Waals surface area contributed by atoms with Gasteiger partial charge in [-0.25, -0.2) is 5.01 Å². The van der Waals surface area contributed by atoms with Crippen LogP contribution in [-0.2, 0) is 9.47 Å². The lowest BCUT2D eigenvalue weighted by molar-refractivity contribution is 0.133. The fraction of sp³-hybridized carbons (Fsp3) is 1.00. The Balaban J connectivity index is 3.02. The Labute approximate surface area is 68.2 Å². The largest absolute Gasteiger partial charge is 0.385 e. The van der Waals surface area contributed by atoms with Crippen molar-refractivity contribution in [2.24, 2.45) is 5.84 Å². The first-order chi connectivity index (χ1) is 5.31. The van der Waals surface area contributed by atoms with Crippen LogP contribution in [0.1, 0.15) is 6.42 Å². The maximum atomic E-state index is 5.60. The van der Waals surface area contributed by atoms with Crippen molar-refractivity contribution in [3.05, 3.63) is 0 Å². The third kappa shape index (κ3) is 7.74. The van der Waals surface area contributed by atoms with E-state index in [-0.39, 0.29) is 0 Å². The summed E-state index contributed by atoms with van der Waals surface area (Å²) in [5.74, 6) is 5.60. The highest BCUT2D eigenvalue weighted by Crippen LogP contribution is 1.84. The highest BCUT2D eigenvalue weighted by Gasteiger charge is 1.96. The molecule has 0 aromatic carbocycles. The molecule has 0 atom stereocenters. The molecule has 0 heterocycles. The predicted molar refractivity (Wildman–Crippen MR) is 44.1 cm³/mol. The minimum absolute atomic E-state index is 0.684. The summed E-state index contributed by atoms with van der Waals surface area (Å²) in [5, 5.41) is 1.74. The third-order valence-corrected chi connectivity index (χ3v) is 1.38. The fourth-order valence-corrected chi connectivity index (χ4v) is 0.732. The van der Waals surface area contributed by atoms with Gasteiger partial charge in [0.05, 0.1) is 6.61 Å². The number of hydrazine groups is 1. The molecule has 4 heteroatoms. The van der Waals surface area contributed by atoms with E-state index in [1.807, 2.05) is 0 Å². The molecule has 0 aliphatic rings. The van der Waals surface area contributed by atoms with Gasteiger partial charge >= 0.3 is 0 Å². The molecule has 0 aliphatic carbocycles. The molecule has 0 aromatic rings. The molecule has 0 aliphatic heterocycles. The van der Waals surface area contributed by atoms with E-state index in [0.29, 0.717) is 6.61 Å². The van der Waals surface area contributed by atoms with Gasteiger partial charge in [0.15, 0.2) is 0 Å². The summed E-state index contributed by atoms with van der Waals surface area (Å²) in [5.41, 5.74) is 0. The maximum absolute atomic E-state index is 5.60. The Bertz CT molecular complexity index is 80.8. The van der Waals surface area contributed by atoms with E-state index in [1.165, 1.54) is 0 Å². The molecule has 0 radical (unpaired) electrons. The van der Waals surface area contributed by atoms with E-state index >= 15 is 0 Å². The van der Waals surface area contributed by atoms with Crippen molar-refractivity contribution < 1.29 is 9.47 Å². The van der Waals surface area contributed by atoms with E-state index in [4.69, 9.17) is 15.3 Å². The zero-order valence-corrected chi connectivity index (χ0v) is 7.38. The van der Waals surface area contributed by atoms with Crippen LogP contribution in [0.15, 0.2) is 0 Å². The Hall–Kier alpha value is -0.160. The molecule has 68 valence electrons. The Morgan fingerprint density at radius 3 is 2.27 bits per heavy atom. The average Bonchev–Trinajstić information content (AvgIpc) is 2.01. The SMILES string of the molecule is COCCCN(N)CCOC. The van der Waals surface area contributed by atoms with Gasteiger partial charge in [-0.05, 0) is 6.42 Å². The second kappa shape index (κ2) is 7.94. The molecule has 4 nitrogen and oxygen atoms in total. The predicted octanol–water partition coefficient (Wildman–Crippen LogP) is -0.155. The van der Waals surface area contributed by atoms with Gasteiger partial charge in [-0.2, -0.15) is 0 Å². The van der Waals surface area contributed by atoms with Crippen LogP contribution < -0.4 is 5.84 Å². The molecule has 2 N–H and O–H groups in total. The molecule has 0 amide bonds. The number of ether oxygens (including phenoxy) is 2. The van der Waals surface area contributed by atoms with E-state index < -0.39 is 0 Å². The van der Waals surface area contributed by atoms with Crippen LogP contribution in [0.3, 0.4) is 0 Å². The van der Waals surface area contributed by atoms with Gasteiger partial charge in [0.25, 0.3) is 0 Å². The molecule has 0 unspecified atom stereocenters. The summed E-state index contributed by atoms with van der Waals surface area (Å²) >= 11 is 0. The fourth-order valence-electron chi connectivity index (χ4n) is 0.732. The van der Waals surface area contributed by atoms with Crippen LogP contribution in [0.25, 0.3) is 0 Å². The first kappa shape index (κ1) is 10.8. The van der Waals surface area contributed by atoms with Crippen LogP contribution in [0, 0.1) is 0 Å². The summed E-state index contributed by atoms with van der Waals surface area (Å²) in [7, 11) is 3.36. The van der Waals surface area contributed by atoms with Crippen LogP contribution in [0.4, 0.5) is 0 Å². The minimum Gasteiger partial charge on any atom is -0.385 e. The normalized spacial score (nSPS) is 10.9. The lowest BCUT2D eigenvalue weighted by atomic mass is 10.4. The van der Waals surface area contributed by atoms with Gasteiger partial charge in [0.1, 0.15) is 0 Å². The maximum Gasteiger partial charge on any atom is 0.0603 e. The number of nitrogens with two attached hydrogens (primary N) is 1. The Kier molecular flexibility index (Phi) is 7.83. The van der Waals surface area contributed by atoms with Gasteiger partial charge in [-0.1, -0.05) is 0 Å². The van der Waals surface area contributed by atoms with Crippen molar-refractivity contribution >= 4 is 0 Å². The van der Waals surface area contributed by atoms with E-state index in [1.54, 1.807) is 19.2 Å². The van der Waals surface area contributed by atoms with Crippen LogP contribution in [0.2, 0.25) is 0 Å². The molecule has 0 spiro atoms. The Morgan fingerprint density at radius 1 is 1.09 bits per heavy atom. The molecule has 0 fully saturated rings. The lowest BCUT2D eigenvalue weighted by Gasteiger charge is -2.14. The van der Waals surface area contributed by atoms with E-state index in [0.717, 1.165) is 26.1 Å². The van der Waals surface area contributed by atoms with Crippen LogP contribution >= 0.6 is 0 Å². The van der Waals surface area contributed by atoms with E-state index in [9.17, 15) is 0 Å². The van der Waals surface area contributed by atoms with Crippen molar-refractivity contribution in [1.82, 2.24) is 5.01 Å². The first-order valence-corrected chi connectivity index (χ1v) is 3.78. The standard InChI is InChI=1S/C7H18N2O2/c1-10-6-3-4-9(8)5-7-11-2/h3-8H2,1-2H3. The van der Waals surface area contributed by atoms with Crippen molar-refractivity contribution in [3.8, 4) is 0 Å². The van der Waals surface area contributed by atoms with Crippen molar-refractivity contribution in [2.45, 2.75) is 6.42 Å². The van der Waals surface area contributed by atoms with Gasteiger partial charge in [0.2, 0.25) is 0 Å². The van der Waals surface area contributed by atoms with Crippen LogP contribution in [0.5, 0.6) is 0 Å². The zero-order valence-electron chi connectivity index (χ0n) is 7.38. The number of hydrogen-bond donors (Lipinski definition) is 1. The highest BCUT2D eigenvalue weighted by atomic mass is 16.5. The summed E-state index contributed by atoms with van der Waals surface area (Å²) in [4.78, 5) is 0. The number of methoxy groups -OCH3 is 2. The van der Waals surface area contributed by atoms with Crippen molar-refractivity contribution in [1.29, 1.82) is 0 Å². The summed E-state index contributed by atoms with van der Waals surface area (Å²) in [6.45, 7) is 3.08. The van der Waals surface area contributed by atoms with Gasteiger partial charge in [-0.3, -0.25) is 5.84 Å². The zero-order chi connectivity index (χ0) is 8.53. The van der Waals surface area contributed by atoms with Gasteiger partial charge < -0.3 is 9.47 Å².